The van der Waals surface area contributed by atoms with Crippen LogP contribution < -0.4 is 16.6 Å². The summed E-state index contributed by atoms with van der Waals surface area (Å²) >= 11 is 5.95. The number of halogens is 1. The molecule has 1 aromatic carbocycles. The summed E-state index contributed by atoms with van der Waals surface area (Å²) in [7, 11) is 9.18. The van der Waals surface area contributed by atoms with Crippen LogP contribution in [-0.2, 0) is 27.7 Å². The van der Waals surface area contributed by atoms with Crippen molar-refractivity contribution in [1.82, 2.24) is 18.7 Å². The van der Waals surface area contributed by atoms with E-state index in [0.29, 0.717) is 23.7 Å². The quantitative estimate of drug-likeness (QED) is 0.627. The number of rotatable bonds is 6. The van der Waals surface area contributed by atoms with Crippen molar-refractivity contribution in [2.75, 3.05) is 32.5 Å². The van der Waals surface area contributed by atoms with Crippen LogP contribution in [-0.4, -0.2) is 50.4 Å². The molecular weight excluding hydrogens is 380 g/mol. The van der Waals surface area contributed by atoms with Gasteiger partial charge >= 0.3 is 5.69 Å². The number of nitrogens with zero attached hydrogens (tertiary/aromatic N) is 5. The van der Waals surface area contributed by atoms with Crippen molar-refractivity contribution in [3.63, 3.8) is 0 Å². The molecule has 0 fully saturated rings. The van der Waals surface area contributed by atoms with Gasteiger partial charge in [-0.05, 0) is 12.1 Å². The number of fused-ring (bicyclic) bond motifs is 1. The Balaban J connectivity index is 1.75. The molecular formula is C19H26ClN6O2+. The lowest BCUT2D eigenvalue weighted by molar-refractivity contribution is -0.902. The topological polar surface area (TPSA) is 73.8 Å². The predicted molar refractivity (Wildman–Crippen MR) is 112 cm³/mol. The highest BCUT2D eigenvalue weighted by Gasteiger charge is 2.19. The van der Waals surface area contributed by atoms with Crippen molar-refractivity contribution < 1.29 is 4.48 Å². The number of likely N-dealkylation sites (N-methyl/N-ethyl adjacent to an activating group) is 1. The minimum absolute atomic E-state index is 0.347. The van der Waals surface area contributed by atoms with E-state index in [9.17, 15) is 9.59 Å². The third kappa shape index (κ3) is 3.83. The molecule has 0 radical (unpaired) electrons. The van der Waals surface area contributed by atoms with Gasteiger partial charge in [0.25, 0.3) is 5.56 Å². The maximum Gasteiger partial charge on any atom is 0.332 e. The number of hydrogen-bond donors (Lipinski definition) is 1. The van der Waals surface area contributed by atoms with E-state index in [0.717, 1.165) is 27.2 Å². The van der Waals surface area contributed by atoms with Crippen molar-refractivity contribution in [3.8, 4) is 0 Å². The van der Waals surface area contributed by atoms with Crippen molar-refractivity contribution in [2.45, 2.75) is 6.54 Å². The first-order valence-electron chi connectivity index (χ1n) is 9.03. The molecule has 9 heteroatoms. The molecule has 0 unspecified atom stereocenters. The van der Waals surface area contributed by atoms with Crippen LogP contribution in [0.1, 0.15) is 5.56 Å². The lowest BCUT2D eigenvalue weighted by Crippen LogP contribution is -2.42. The van der Waals surface area contributed by atoms with Crippen LogP contribution in [0.4, 0.5) is 5.95 Å². The smallest absolute Gasteiger partial charge is 0.332 e. The molecule has 150 valence electrons. The van der Waals surface area contributed by atoms with Crippen LogP contribution in [0.15, 0.2) is 33.9 Å². The minimum Gasteiger partial charge on any atom is -0.350 e. The second-order valence-corrected chi connectivity index (χ2v) is 8.18. The first-order valence-corrected chi connectivity index (χ1v) is 9.41. The molecule has 0 saturated heterocycles. The van der Waals surface area contributed by atoms with Gasteiger partial charge in [-0.3, -0.25) is 13.9 Å². The fraction of sp³-hybridized carbons (Fsp3) is 0.421. The highest BCUT2D eigenvalue weighted by atomic mass is 35.5. The van der Waals surface area contributed by atoms with E-state index in [1.165, 1.54) is 17.2 Å². The Labute approximate surface area is 168 Å². The number of anilines is 1. The summed E-state index contributed by atoms with van der Waals surface area (Å²) in [6.07, 6.45) is 0. The van der Waals surface area contributed by atoms with E-state index >= 15 is 0 Å². The fourth-order valence-electron chi connectivity index (χ4n) is 3.31. The van der Waals surface area contributed by atoms with Crippen LogP contribution >= 0.6 is 11.6 Å². The SMILES string of the molecule is Cn1c(=O)c2c(nc(NCC[N+](C)(C)Cc3ccc(Cl)cc3)n2C)n(C)c1=O. The number of benzene rings is 1. The van der Waals surface area contributed by atoms with Gasteiger partial charge in [0.15, 0.2) is 11.2 Å². The molecule has 0 bridgehead atoms. The van der Waals surface area contributed by atoms with Crippen molar-refractivity contribution in [3.05, 3.63) is 55.7 Å². The van der Waals surface area contributed by atoms with Crippen molar-refractivity contribution in [2.24, 2.45) is 21.1 Å². The first-order chi connectivity index (χ1) is 13.1. The van der Waals surface area contributed by atoms with Crippen LogP contribution in [0.25, 0.3) is 11.2 Å². The van der Waals surface area contributed by atoms with Gasteiger partial charge in [0.05, 0.1) is 27.2 Å². The van der Waals surface area contributed by atoms with Gasteiger partial charge in [0, 0.05) is 31.7 Å². The summed E-state index contributed by atoms with van der Waals surface area (Å²) in [4.78, 5) is 29.0. The Morgan fingerprint density at radius 2 is 1.68 bits per heavy atom. The minimum atomic E-state index is -0.386. The van der Waals surface area contributed by atoms with E-state index in [-0.39, 0.29) is 11.2 Å². The number of aromatic nitrogens is 4. The maximum atomic E-state index is 12.4. The van der Waals surface area contributed by atoms with Crippen LogP contribution in [0.3, 0.4) is 0 Å². The first kappa shape index (κ1) is 20.2. The number of quaternary nitrogens is 1. The van der Waals surface area contributed by atoms with E-state index in [1.807, 2.05) is 24.3 Å². The largest absolute Gasteiger partial charge is 0.350 e. The van der Waals surface area contributed by atoms with Gasteiger partial charge in [-0.2, -0.15) is 4.98 Å². The molecule has 0 saturated carbocycles. The van der Waals surface area contributed by atoms with Gasteiger partial charge in [-0.15, -0.1) is 0 Å². The third-order valence-corrected chi connectivity index (χ3v) is 5.25. The Hall–Kier alpha value is -2.58. The summed E-state index contributed by atoms with van der Waals surface area (Å²) in [5, 5.41) is 4.03. The summed E-state index contributed by atoms with van der Waals surface area (Å²) in [5.74, 6) is 0.569. The number of aryl methyl sites for hydroxylation is 2. The maximum absolute atomic E-state index is 12.4. The molecule has 8 nitrogen and oxygen atoms in total. The molecule has 3 rings (SSSR count). The lowest BCUT2D eigenvalue weighted by atomic mass is 10.2. The molecule has 2 heterocycles. The Morgan fingerprint density at radius 3 is 2.32 bits per heavy atom. The van der Waals surface area contributed by atoms with E-state index < -0.39 is 0 Å². The Morgan fingerprint density at radius 1 is 1.04 bits per heavy atom. The number of hydrogen-bond acceptors (Lipinski definition) is 4. The standard InChI is InChI=1S/C19H25ClN6O2/c1-23-15-16(24(2)19(28)25(3)17(15)27)22-18(23)21-10-11-26(4,5)12-13-6-8-14(20)9-7-13/h6-9H,10-12H2,1-5H3/p+1. The highest BCUT2D eigenvalue weighted by Crippen LogP contribution is 2.15. The Kier molecular flexibility index (Phi) is 5.36. The van der Waals surface area contributed by atoms with Gasteiger partial charge in [0.2, 0.25) is 5.95 Å². The monoisotopic (exact) mass is 405 g/mol. The zero-order valence-corrected chi connectivity index (χ0v) is 17.6. The van der Waals surface area contributed by atoms with Gasteiger partial charge in [-0.25, -0.2) is 4.79 Å². The third-order valence-electron chi connectivity index (χ3n) is 5.00. The summed E-state index contributed by atoms with van der Waals surface area (Å²) in [6.45, 7) is 2.39. The molecule has 0 aliphatic carbocycles. The number of imidazole rings is 1. The molecule has 0 aliphatic rings. The van der Waals surface area contributed by atoms with Crippen molar-refractivity contribution >= 4 is 28.7 Å². The molecule has 0 atom stereocenters. The number of nitrogens with one attached hydrogen (secondary N) is 1. The van der Waals surface area contributed by atoms with Crippen LogP contribution in [0.2, 0.25) is 5.02 Å². The van der Waals surface area contributed by atoms with Crippen LogP contribution in [0.5, 0.6) is 0 Å². The zero-order valence-electron chi connectivity index (χ0n) is 16.9. The normalized spacial score (nSPS) is 11.9. The second-order valence-electron chi connectivity index (χ2n) is 7.74. The zero-order chi connectivity index (χ0) is 20.6. The van der Waals surface area contributed by atoms with E-state index in [1.54, 1.807) is 18.7 Å². The van der Waals surface area contributed by atoms with Gasteiger partial charge < -0.3 is 14.4 Å². The van der Waals surface area contributed by atoms with Gasteiger partial charge in [-0.1, -0.05) is 23.7 Å². The molecule has 2 aromatic heterocycles. The molecule has 28 heavy (non-hydrogen) atoms. The predicted octanol–water partition coefficient (Wildman–Crippen LogP) is 1.31. The Bertz CT molecular complexity index is 1120. The lowest BCUT2D eigenvalue weighted by Gasteiger charge is -2.30. The molecule has 0 aliphatic heterocycles. The average Bonchev–Trinajstić information content (AvgIpc) is 2.96. The molecule has 0 amide bonds. The highest BCUT2D eigenvalue weighted by molar-refractivity contribution is 6.30. The fourth-order valence-corrected chi connectivity index (χ4v) is 3.44. The molecule has 0 spiro atoms. The molecule has 1 N–H and O–H groups in total. The van der Waals surface area contributed by atoms with E-state index in [4.69, 9.17) is 11.6 Å². The summed E-state index contributed by atoms with van der Waals surface area (Å²) < 4.78 is 4.97. The van der Waals surface area contributed by atoms with Gasteiger partial charge in [0.1, 0.15) is 6.54 Å². The molecule has 3 aromatic rings. The van der Waals surface area contributed by atoms with Crippen molar-refractivity contribution in [1.29, 1.82) is 0 Å². The van der Waals surface area contributed by atoms with Crippen LogP contribution in [0, 0.1) is 0 Å². The summed E-state index contributed by atoms with van der Waals surface area (Å²) in [5.41, 5.74) is 1.27. The average molecular weight is 406 g/mol. The summed E-state index contributed by atoms with van der Waals surface area (Å²) in [6, 6.07) is 7.88. The second kappa shape index (κ2) is 7.44. The van der Waals surface area contributed by atoms with E-state index in [2.05, 4.69) is 24.4 Å².